The largest absolute Gasteiger partial charge is 0.332 e. The summed E-state index contributed by atoms with van der Waals surface area (Å²) in [5, 5.41) is 21.7. The fraction of sp³-hybridized carbons (Fsp3) is 0.111. The lowest BCUT2D eigenvalue weighted by Gasteiger charge is -2.12. The maximum atomic E-state index is 12.2. The van der Waals surface area contributed by atoms with Crippen molar-refractivity contribution in [2.75, 3.05) is 10.6 Å². The van der Waals surface area contributed by atoms with Crippen molar-refractivity contribution in [3.63, 3.8) is 0 Å². The molecule has 0 spiro atoms. The van der Waals surface area contributed by atoms with Crippen LogP contribution in [0.1, 0.15) is 23.7 Å². The maximum Gasteiger partial charge on any atom is 0.270 e. The fourth-order valence-corrected chi connectivity index (χ4v) is 2.55. The highest BCUT2D eigenvalue weighted by atomic mass is 32.1. The molecule has 0 bridgehead atoms. The lowest BCUT2D eigenvalue weighted by atomic mass is 10.2. The van der Waals surface area contributed by atoms with Gasteiger partial charge in [0, 0.05) is 35.5 Å². The molecule has 11 heteroatoms. The predicted molar refractivity (Wildman–Crippen MR) is 118 cm³/mol. The first-order chi connectivity index (χ1) is 13.8. The Labute approximate surface area is 177 Å². The highest BCUT2D eigenvalue weighted by Crippen LogP contribution is 2.15. The smallest absolute Gasteiger partial charge is 0.270 e. The standard InChI is InChI=1S/C18H17N5O4S2/c1-2-15(24)21-17(28)19-12-6-8-13(9-7-12)20-18(29)22-16(25)11-4-3-5-14(10-11)23(26)27/h3-10H,2H2,1H3,(H2,19,21,24,28)(H2,20,22,25,29). The number of benzene rings is 2. The molecule has 0 heterocycles. The van der Waals surface area contributed by atoms with Crippen LogP contribution in [-0.2, 0) is 4.79 Å². The zero-order valence-corrected chi connectivity index (χ0v) is 16.9. The summed E-state index contributed by atoms with van der Waals surface area (Å²) in [5.41, 5.74) is 1.19. The van der Waals surface area contributed by atoms with Gasteiger partial charge in [-0.05, 0) is 54.8 Å². The van der Waals surface area contributed by atoms with Crippen LogP contribution in [0, 0.1) is 10.1 Å². The molecule has 0 aliphatic rings. The van der Waals surface area contributed by atoms with E-state index in [-0.39, 0.29) is 27.4 Å². The summed E-state index contributed by atoms with van der Waals surface area (Å²) in [6.45, 7) is 1.72. The van der Waals surface area contributed by atoms with Gasteiger partial charge in [0.05, 0.1) is 4.92 Å². The number of carbonyl (C=O) groups is 2. The number of amides is 2. The van der Waals surface area contributed by atoms with Gasteiger partial charge in [0.1, 0.15) is 0 Å². The SMILES string of the molecule is CCC(=O)NC(=S)Nc1ccc(NC(=S)NC(=O)c2cccc([N+](=O)[O-])c2)cc1. The minimum Gasteiger partial charge on any atom is -0.332 e. The van der Waals surface area contributed by atoms with Crippen molar-refractivity contribution in [2.24, 2.45) is 0 Å². The van der Waals surface area contributed by atoms with Crippen LogP contribution in [0.2, 0.25) is 0 Å². The second-order valence-electron chi connectivity index (χ2n) is 5.65. The second kappa shape index (κ2) is 10.2. The third-order valence-corrected chi connectivity index (χ3v) is 3.93. The summed E-state index contributed by atoms with van der Waals surface area (Å²) < 4.78 is 0. The third kappa shape index (κ3) is 6.90. The number of nitrogens with zero attached hydrogens (tertiary/aromatic N) is 1. The van der Waals surface area contributed by atoms with Crippen LogP contribution >= 0.6 is 24.4 Å². The lowest BCUT2D eigenvalue weighted by molar-refractivity contribution is -0.384. The molecule has 0 saturated carbocycles. The van der Waals surface area contributed by atoms with E-state index in [4.69, 9.17) is 24.4 Å². The van der Waals surface area contributed by atoms with Gasteiger partial charge >= 0.3 is 0 Å². The van der Waals surface area contributed by atoms with E-state index in [0.717, 1.165) is 0 Å². The molecule has 0 saturated heterocycles. The van der Waals surface area contributed by atoms with Gasteiger partial charge in [-0.2, -0.15) is 0 Å². The first-order valence-electron chi connectivity index (χ1n) is 8.36. The molecule has 2 aromatic carbocycles. The molecule has 29 heavy (non-hydrogen) atoms. The van der Waals surface area contributed by atoms with Crippen molar-refractivity contribution in [2.45, 2.75) is 13.3 Å². The van der Waals surface area contributed by atoms with Crippen LogP contribution in [0.15, 0.2) is 48.5 Å². The third-order valence-electron chi connectivity index (χ3n) is 3.52. The van der Waals surface area contributed by atoms with Crippen molar-refractivity contribution in [3.05, 3.63) is 64.2 Å². The molecule has 0 aromatic heterocycles. The summed E-state index contributed by atoms with van der Waals surface area (Å²) in [4.78, 5) is 33.7. The summed E-state index contributed by atoms with van der Waals surface area (Å²) in [6, 6.07) is 12.1. The zero-order valence-electron chi connectivity index (χ0n) is 15.2. The molecule has 4 N–H and O–H groups in total. The van der Waals surface area contributed by atoms with Crippen LogP contribution in [0.3, 0.4) is 0 Å². The summed E-state index contributed by atoms with van der Waals surface area (Å²) in [6.07, 6.45) is 0.324. The molecule has 2 aromatic rings. The molecule has 0 radical (unpaired) electrons. The Bertz CT molecular complexity index is 963. The predicted octanol–water partition coefficient (Wildman–Crippen LogP) is 2.94. The van der Waals surface area contributed by atoms with Crippen molar-refractivity contribution in [1.29, 1.82) is 0 Å². The monoisotopic (exact) mass is 431 g/mol. The van der Waals surface area contributed by atoms with Gasteiger partial charge in [-0.3, -0.25) is 25.0 Å². The van der Waals surface area contributed by atoms with Gasteiger partial charge in [0.15, 0.2) is 10.2 Å². The zero-order chi connectivity index (χ0) is 21.4. The molecular weight excluding hydrogens is 414 g/mol. The van der Waals surface area contributed by atoms with E-state index in [2.05, 4.69) is 21.3 Å². The molecular formula is C18H17N5O4S2. The first kappa shape index (κ1) is 21.9. The topological polar surface area (TPSA) is 125 Å². The van der Waals surface area contributed by atoms with Gasteiger partial charge in [-0.15, -0.1) is 0 Å². The van der Waals surface area contributed by atoms with E-state index in [1.807, 2.05) is 0 Å². The average Bonchev–Trinajstić information content (AvgIpc) is 2.69. The summed E-state index contributed by atoms with van der Waals surface area (Å²) in [5.74, 6) is -0.757. The van der Waals surface area contributed by atoms with E-state index in [9.17, 15) is 19.7 Å². The quantitative estimate of drug-likeness (QED) is 0.323. The number of nitro benzene ring substituents is 1. The van der Waals surface area contributed by atoms with Crippen LogP contribution in [0.25, 0.3) is 0 Å². The van der Waals surface area contributed by atoms with Crippen LogP contribution in [0.5, 0.6) is 0 Å². The van der Waals surface area contributed by atoms with Crippen molar-refractivity contribution >= 4 is 63.5 Å². The Morgan fingerprint density at radius 2 is 1.52 bits per heavy atom. The molecule has 9 nitrogen and oxygen atoms in total. The number of nitro groups is 1. The van der Waals surface area contributed by atoms with Gasteiger partial charge in [-0.25, -0.2) is 0 Å². The fourth-order valence-electron chi connectivity index (χ4n) is 2.11. The van der Waals surface area contributed by atoms with Gasteiger partial charge in [0.25, 0.3) is 11.6 Å². The van der Waals surface area contributed by atoms with Crippen molar-refractivity contribution < 1.29 is 14.5 Å². The number of anilines is 2. The molecule has 0 aliphatic heterocycles. The molecule has 150 valence electrons. The average molecular weight is 431 g/mol. The molecule has 2 amide bonds. The number of carbonyl (C=O) groups excluding carboxylic acids is 2. The molecule has 2 rings (SSSR count). The number of non-ortho nitro benzene ring substituents is 1. The molecule has 0 aliphatic carbocycles. The van der Waals surface area contributed by atoms with Gasteiger partial charge in [-0.1, -0.05) is 13.0 Å². The Kier molecular flexibility index (Phi) is 7.69. The van der Waals surface area contributed by atoms with Crippen LogP contribution < -0.4 is 21.3 Å². The Hall–Kier alpha value is -3.44. The number of thiocarbonyl (C=S) groups is 2. The van der Waals surface area contributed by atoms with E-state index in [1.165, 1.54) is 24.3 Å². The normalized spacial score (nSPS) is 9.83. The summed E-state index contributed by atoms with van der Waals surface area (Å²) in [7, 11) is 0. The number of nitrogens with one attached hydrogen (secondary N) is 4. The van der Waals surface area contributed by atoms with E-state index >= 15 is 0 Å². The van der Waals surface area contributed by atoms with E-state index < -0.39 is 10.8 Å². The van der Waals surface area contributed by atoms with Crippen LogP contribution in [0.4, 0.5) is 17.1 Å². The van der Waals surface area contributed by atoms with Crippen molar-refractivity contribution in [1.82, 2.24) is 10.6 Å². The first-order valence-corrected chi connectivity index (χ1v) is 9.18. The Morgan fingerprint density at radius 3 is 2.03 bits per heavy atom. The number of hydrogen-bond donors (Lipinski definition) is 4. The second-order valence-corrected chi connectivity index (χ2v) is 6.47. The number of rotatable bonds is 5. The Morgan fingerprint density at radius 1 is 0.966 bits per heavy atom. The minimum atomic E-state index is -0.581. The lowest BCUT2D eigenvalue weighted by Crippen LogP contribution is -2.34. The highest BCUT2D eigenvalue weighted by molar-refractivity contribution is 7.80. The Balaban J connectivity index is 1.91. The highest BCUT2D eigenvalue weighted by Gasteiger charge is 2.12. The van der Waals surface area contributed by atoms with E-state index in [0.29, 0.717) is 17.8 Å². The molecule has 0 fully saturated rings. The van der Waals surface area contributed by atoms with Gasteiger partial charge in [0.2, 0.25) is 5.91 Å². The van der Waals surface area contributed by atoms with Crippen LogP contribution in [-0.4, -0.2) is 27.0 Å². The minimum absolute atomic E-state index is 0.0351. The molecule has 0 atom stereocenters. The van der Waals surface area contributed by atoms with E-state index in [1.54, 1.807) is 31.2 Å². The number of hydrogen-bond acceptors (Lipinski definition) is 6. The van der Waals surface area contributed by atoms with Crippen molar-refractivity contribution in [3.8, 4) is 0 Å². The molecule has 0 unspecified atom stereocenters. The maximum absolute atomic E-state index is 12.2. The summed E-state index contributed by atoms with van der Waals surface area (Å²) >= 11 is 10.1. The van der Waals surface area contributed by atoms with Gasteiger partial charge < -0.3 is 16.0 Å².